The molecule has 3 nitrogen and oxygen atoms in total. The summed E-state index contributed by atoms with van der Waals surface area (Å²) in [5, 5.41) is 11.8. The summed E-state index contributed by atoms with van der Waals surface area (Å²) in [7, 11) is 0. The molecule has 3 atom stereocenters. The third kappa shape index (κ3) is 4.61. The highest BCUT2D eigenvalue weighted by molar-refractivity contribution is 5.78. The van der Waals surface area contributed by atoms with Crippen LogP contribution in [-0.4, -0.2) is 23.7 Å². The SMILES string of the molecule is CCCC(C)C(=O)NC(C)C(C)CO. The van der Waals surface area contributed by atoms with Crippen molar-refractivity contribution in [2.24, 2.45) is 11.8 Å². The van der Waals surface area contributed by atoms with E-state index in [2.05, 4.69) is 12.2 Å². The van der Waals surface area contributed by atoms with Crippen LogP contribution >= 0.6 is 0 Å². The maximum absolute atomic E-state index is 11.6. The maximum Gasteiger partial charge on any atom is 0.223 e. The fraction of sp³-hybridized carbons (Fsp3) is 0.909. The number of rotatable bonds is 6. The Balaban J connectivity index is 3.92. The van der Waals surface area contributed by atoms with Gasteiger partial charge in [0.2, 0.25) is 5.91 Å². The molecule has 0 aromatic carbocycles. The van der Waals surface area contributed by atoms with Crippen LogP contribution in [0.3, 0.4) is 0 Å². The molecule has 0 aliphatic rings. The average Bonchev–Trinajstić information content (AvgIpc) is 2.16. The maximum atomic E-state index is 11.6. The Morgan fingerprint density at radius 2 is 1.93 bits per heavy atom. The predicted molar refractivity (Wildman–Crippen MR) is 57.9 cm³/mol. The highest BCUT2D eigenvalue weighted by Gasteiger charge is 2.17. The van der Waals surface area contributed by atoms with Crippen LogP contribution in [0.5, 0.6) is 0 Å². The van der Waals surface area contributed by atoms with Gasteiger partial charge in [-0.05, 0) is 19.3 Å². The summed E-state index contributed by atoms with van der Waals surface area (Å²) in [6, 6.07) is 0.0480. The molecule has 84 valence electrons. The topological polar surface area (TPSA) is 49.3 Å². The van der Waals surface area contributed by atoms with E-state index >= 15 is 0 Å². The zero-order valence-electron chi connectivity index (χ0n) is 9.71. The minimum absolute atomic E-state index is 0.0480. The van der Waals surface area contributed by atoms with E-state index in [9.17, 15) is 4.79 Å². The van der Waals surface area contributed by atoms with E-state index in [4.69, 9.17) is 5.11 Å². The van der Waals surface area contributed by atoms with Crippen molar-refractivity contribution in [3.8, 4) is 0 Å². The molecule has 1 amide bonds. The molecule has 0 aliphatic heterocycles. The lowest BCUT2D eigenvalue weighted by molar-refractivity contribution is -0.125. The van der Waals surface area contributed by atoms with Crippen molar-refractivity contribution in [3.63, 3.8) is 0 Å². The van der Waals surface area contributed by atoms with Crippen molar-refractivity contribution in [2.45, 2.75) is 46.6 Å². The van der Waals surface area contributed by atoms with E-state index in [0.29, 0.717) is 0 Å². The second-order valence-corrected chi connectivity index (χ2v) is 4.15. The molecular formula is C11H23NO2. The Hall–Kier alpha value is -0.570. The van der Waals surface area contributed by atoms with Crippen LogP contribution in [0.4, 0.5) is 0 Å². The molecule has 0 aromatic rings. The summed E-state index contributed by atoms with van der Waals surface area (Å²) in [5.74, 6) is 0.292. The summed E-state index contributed by atoms with van der Waals surface area (Å²) < 4.78 is 0. The molecular weight excluding hydrogens is 178 g/mol. The first-order chi connectivity index (χ1) is 6.52. The molecule has 3 unspecified atom stereocenters. The monoisotopic (exact) mass is 201 g/mol. The molecule has 0 aromatic heterocycles. The number of carbonyl (C=O) groups excluding carboxylic acids is 1. The number of aliphatic hydroxyl groups is 1. The summed E-state index contributed by atoms with van der Waals surface area (Å²) in [5.41, 5.74) is 0. The molecule has 0 saturated heterocycles. The van der Waals surface area contributed by atoms with Crippen molar-refractivity contribution in [1.29, 1.82) is 0 Å². The second-order valence-electron chi connectivity index (χ2n) is 4.15. The Morgan fingerprint density at radius 3 is 2.36 bits per heavy atom. The minimum atomic E-state index is 0.0480. The standard InChI is InChI=1S/C11H23NO2/c1-5-6-8(2)11(14)12-10(4)9(3)7-13/h8-10,13H,5-7H2,1-4H3,(H,12,14). The lowest BCUT2D eigenvalue weighted by Gasteiger charge is -2.21. The highest BCUT2D eigenvalue weighted by Crippen LogP contribution is 2.07. The van der Waals surface area contributed by atoms with E-state index in [-0.39, 0.29) is 30.4 Å². The Labute approximate surface area is 86.9 Å². The number of carbonyl (C=O) groups is 1. The van der Waals surface area contributed by atoms with Crippen molar-refractivity contribution in [2.75, 3.05) is 6.61 Å². The third-order valence-corrected chi connectivity index (χ3v) is 2.68. The first kappa shape index (κ1) is 13.4. The molecule has 0 aliphatic carbocycles. The van der Waals surface area contributed by atoms with E-state index in [1.807, 2.05) is 20.8 Å². The van der Waals surface area contributed by atoms with Crippen molar-refractivity contribution in [3.05, 3.63) is 0 Å². The minimum Gasteiger partial charge on any atom is -0.396 e. The zero-order valence-corrected chi connectivity index (χ0v) is 9.71. The van der Waals surface area contributed by atoms with Gasteiger partial charge in [0.05, 0.1) is 0 Å². The fourth-order valence-electron chi connectivity index (χ4n) is 1.23. The summed E-state index contributed by atoms with van der Waals surface area (Å²) in [4.78, 5) is 11.6. The number of nitrogens with one attached hydrogen (secondary N) is 1. The first-order valence-electron chi connectivity index (χ1n) is 5.44. The van der Waals surface area contributed by atoms with Gasteiger partial charge in [-0.3, -0.25) is 4.79 Å². The van der Waals surface area contributed by atoms with Gasteiger partial charge in [-0.1, -0.05) is 27.2 Å². The summed E-state index contributed by atoms with van der Waals surface area (Å²) in [6.45, 7) is 7.98. The largest absolute Gasteiger partial charge is 0.396 e. The van der Waals surface area contributed by atoms with Crippen LogP contribution in [-0.2, 0) is 4.79 Å². The Bertz CT molecular complexity index is 171. The van der Waals surface area contributed by atoms with Crippen LogP contribution in [0, 0.1) is 11.8 Å². The van der Waals surface area contributed by atoms with Crippen molar-refractivity contribution < 1.29 is 9.90 Å². The molecule has 0 rings (SSSR count). The number of hydrogen-bond donors (Lipinski definition) is 2. The third-order valence-electron chi connectivity index (χ3n) is 2.68. The first-order valence-corrected chi connectivity index (χ1v) is 5.44. The highest BCUT2D eigenvalue weighted by atomic mass is 16.3. The molecule has 0 fully saturated rings. The molecule has 0 bridgehead atoms. The van der Waals surface area contributed by atoms with Gasteiger partial charge >= 0.3 is 0 Å². The Morgan fingerprint density at radius 1 is 1.36 bits per heavy atom. The molecule has 0 heterocycles. The van der Waals surface area contributed by atoms with Crippen LogP contribution < -0.4 is 5.32 Å². The fourth-order valence-corrected chi connectivity index (χ4v) is 1.23. The van der Waals surface area contributed by atoms with Crippen LogP contribution in [0.1, 0.15) is 40.5 Å². The quantitative estimate of drug-likeness (QED) is 0.685. The number of amides is 1. The predicted octanol–water partition coefficient (Wildman–Crippen LogP) is 1.56. The second kappa shape index (κ2) is 6.82. The van der Waals surface area contributed by atoms with Gasteiger partial charge < -0.3 is 10.4 Å². The summed E-state index contributed by atoms with van der Waals surface area (Å²) >= 11 is 0. The lowest BCUT2D eigenvalue weighted by Crippen LogP contribution is -2.40. The van der Waals surface area contributed by atoms with Crippen LogP contribution in [0.15, 0.2) is 0 Å². The van der Waals surface area contributed by atoms with Gasteiger partial charge in [-0.25, -0.2) is 0 Å². The molecule has 2 N–H and O–H groups in total. The van der Waals surface area contributed by atoms with E-state index < -0.39 is 0 Å². The smallest absolute Gasteiger partial charge is 0.223 e. The van der Waals surface area contributed by atoms with Gasteiger partial charge in [0, 0.05) is 18.6 Å². The molecule has 0 spiro atoms. The van der Waals surface area contributed by atoms with Gasteiger partial charge in [0.1, 0.15) is 0 Å². The van der Waals surface area contributed by atoms with Gasteiger partial charge in [0.25, 0.3) is 0 Å². The van der Waals surface area contributed by atoms with Crippen molar-refractivity contribution >= 4 is 5.91 Å². The number of hydrogen-bond acceptors (Lipinski definition) is 2. The summed E-state index contributed by atoms with van der Waals surface area (Å²) in [6.07, 6.45) is 1.95. The number of aliphatic hydroxyl groups excluding tert-OH is 1. The molecule has 0 saturated carbocycles. The van der Waals surface area contributed by atoms with E-state index in [0.717, 1.165) is 12.8 Å². The van der Waals surface area contributed by atoms with Gasteiger partial charge in [0.15, 0.2) is 0 Å². The zero-order chi connectivity index (χ0) is 11.1. The normalized spacial score (nSPS) is 17.2. The van der Waals surface area contributed by atoms with Gasteiger partial charge in [-0.15, -0.1) is 0 Å². The Kier molecular flexibility index (Phi) is 6.54. The van der Waals surface area contributed by atoms with Crippen LogP contribution in [0.25, 0.3) is 0 Å². The molecule has 0 radical (unpaired) electrons. The molecule has 3 heteroatoms. The average molecular weight is 201 g/mol. The molecule has 14 heavy (non-hydrogen) atoms. The lowest BCUT2D eigenvalue weighted by atomic mass is 10.0. The van der Waals surface area contributed by atoms with E-state index in [1.165, 1.54) is 0 Å². The van der Waals surface area contributed by atoms with E-state index in [1.54, 1.807) is 0 Å². The van der Waals surface area contributed by atoms with Crippen LogP contribution in [0.2, 0.25) is 0 Å². The van der Waals surface area contributed by atoms with Gasteiger partial charge in [-0.2, -0.15) is 0 Å². The van der Waals surface area contributed by atoms with Crippen molar-refractivity contribution in [1.82, 2.24) is 5.32 Å².